The van der Waals surface area contributed by atoms with Crippen LogP contribution in [0.25, 0.3) is 0 Å². The molecule has 2 atom stereocenters. The van der Waals surface area contributed by atoms with E-state index in [0.717, 1.165) is 6.42 Å². The first-order chi connectivity index (χ1) is 13.3. The fourth-order valence-corrected chi connectivity index (χ4v) is 3.08. The maximum absolute atomic E-state index is 12.6. The standard InChI is InChI=1S/C20H26ClN3O4/c1-3-13(2)18(23-19(27)14-5-7-15(21)8-6-14)20(28)22-11-4-12-24-16(25)9-10-17(24)26/h5-8,13,18H,3-4,9-12H2,1-2H3,(H,22,28)(H,23,27). The van der Waals surface area contributed by atoms with Gasteiger partial charge in [0.15, 0.2) is 0 Å². The lowest BCUT2D eigenvalue weighted by Crippen LogP contribution is -2.50. The van der Waals surface area contributed by atoms with E-state index in [1.54, 1.807) is 24.3 Å². The normalized spacial score (nSPS) is 16.0. The zero-order valence-electron chi connectivity index (χ0n) is 16.2. The molecule has 1 fully saturated rings. The molecule has 2 unspecified atom stereocenters. The number of likely N-dealkylation sites (tertiary alicyclic amines) is 1. The average Bonchev–Trinajstić information content (AvgIpc) is 3.00. The fraction of sp³-hybridized carbons (Fsp3) is 0.500. The van der Waals surface area contributed by atoms with Gasteiger partial charge in [-0.1, -0.05) is 31.9 Å². The zero-order valence-corrected chi connectivity index (χ0v) is 16.9. The summed E-state index contributed by atoms with van der Waals surface area (Å²) in [5.74, 6) is -1.01. The molecule has 0 aromatic heterocycles. The number of hydrogen-bond donors (Lipinski definition) is 2. The second kappa shape index (κ2) is 10.2. The molecule has 4 amide bonds. The van der Waals surface area contributed by atoms with Crippen LogP contribution in [0.1, 0.15) is 49.9 Å². The third-order valence-corrected chi connectivity index (χ3v) is 5.15. The third kappa shape index (κ3) is 5.79. The highest BCUT2D eigenvalue weighted by Gasteiger charge is 2.29. The van der Waals surface area contributed by atoms with Gasteiger partial charge in [0.05, 0.1) is 0 Å². The number of hydrogen-bond acceptors (Lipinski definition) is 4. The molecular weight excluding hydrogens is 382 g/mol. The van der Waals surface area contributed by atoms with Gasteiger partial charge in [0, 0.05) is 36.5 Å². The van der Waals surface area contributed by atoms with Gasteiger partial charge in [0.1, 0.15) is 6.04 Å². The van der Waals surface area contributed by atoms with Gasteiger partial charge in [0.2, 0.25) is 17.7 Å². The van der Waals surface area contributed by atoms with Crippen molar-refractivity contribution in [3.05, 3.63) is 34.9 Å². The lowest BCUT2D eigenvalue weighted by atomic mass is 9.97. The van der Waals surface area contributed by atoms with Crippen molar-refractivity contribution in [3.63, 3.8) is 0 Å². The molecule has 1 aliphatic rings. The molecule has 0 bridgehead atoms. The molecule has 1 heterocycles. The van der Waals surface area contributed by atoms with Crippen molar-refractivity contribution in [1.29, 1.82) is 0 Å². The van der Waals surface area contributed by atoms with E-state index in [-0.39, 0.29) is 42.4 Å². The fourth-order valence-electron chi connectivity index (χ4n) is 2.96. The Kier molecular flexibility index (Phi) is 7.99. The van der Waals surface area contributed by atoms with Crippen molar-refractivity contribution in [2.45, 2.75) is 45.6 Å². The van der Waals surface area contributed by atoms with Crippen LogP contribution in [0.5, 0.6) is 0 Å². The maximum Gasteiger partial charge on any atom is 0.251 e. The van der Waals surface area contributed by atoms with Gasteiger partial charge in [-0.2, -0.15) is 0 Å². The summed E-state index contributed by atoms with van der Waals surface area (Å²) in [7, 11) is 0. The van der Waals surface area contributed by atoms with Gasteiger partial charge in [-0.3, -0.25) is 24.1 Å². The molecule has 0 radical (unpaired) electrons. The van der Waals surface area contributed by atoms with Crippen molar-refractivity contribution in [2.24, 2.45) is 5.92 Å². The van der Waals surface area contributed by atoms with Gasteiger partial charge < -0.3 is 10.6 Å². The van der Waals surface area contributed by atoms with Crippen molar-refractivity contribution >= 4 is 35.2 Å². The van der Waals surface area contributed by atoms with Crippen LogP contribution in [-0.2, 0) is 14.4 Å². The van der Waals surface area contributed by atoms with Crippen LogP contribution in [0, 0.1) is 5.92 Å². The summed E-state index contributed by atoms with van der Waals surface area (Å²) in [6, 6.07) is 5.77. The van der Waals surface area contributed by atoms with Gasteiger partial charge in [0.25, 0.3) is 5.91 Å². The van der Waals surface area contributed by atoms with Crippen molar-refractivity contribution in [1.82, 2.24) is 15.5 Å². The lowest BCUT2D eigenvalue weighted by molar-refractivity contribution is -0.138. The minimum atomic E-state index is -0.678. The Morgan fingerprint density at radius 3 is 2.32 bits per heavy atom. The maximum atomic E-state index is 12.6. The monoisotopic (exact) mass is 407 g/mol. The van der Waals surface area contributed by atoms with Crippen molar-refractivity contribution in [2.75, 3.05) is 13.1 Å². The minimum Gasteiger partial charge on any atom is -0.354 e. The van der Waals surface area contributed by atoms with Gasteiger partial charge in [-0.05, 0) is 36.6 Å². The summed E-state index contributed by atoms with van der Waals surface area (Å²) in [5.41, 5.74) is 0.427. The third-order valence-electron chi connectivity index (χ3n) is 4.90. The summed E-state index contributed by atoms with van der Waals surface area (Å²) in [6.45, 7) is 4.46. The molecule has 2 rings (SSSR count). The van der Waals surface area contributed by atoms with Crippen molar-refractivity contribution < 1.29 is 19.2 Å². The summed E-state index contributed by atoms with van der Waals surface area (Å²) in [5, 5.41) is 6.11. The molecule has 1 aromatic carbocycles. The summed E-state index contributed by atoms with van der Waals surface area (Å²) in [4.78, 5) is 49.5. The first-order valence-corrected chi connectivity index (χ1v) is 9.88. The first-order valence-electron chi connectivity index (χ1n) is 9.50. The van der Waals surface area contributed by atoms with E-state index in [2.05, 4.69) is 10.6 Å². The number of carbonyl (C=O) groups is 4. The number of nitrogens with zero attached hydrogens (tertiary/aromatic N) is 1. The predicted molar refractivity (Wildman–Crippen MR) is 106 cm³/mol. The lowest BCUT2D eigenvalue weighted by Gasteiger charge is -2.24. The molecule has 0 aliphatic carbocycles. The molecule has 1 aromatic rings. The molecule has 2 N–H and O–H groups in total. The average molecular weight is 408 g/mol. The smallest absolute Gasteiger partial charge is 0.251 e. The zero-order chi connectivity index (χ0) is 20.7. The van der Waals surface area contributed by atoms with Crippen LogP contribution in [0.15, 0.2) is 24.3 Å². The quantitative estimate of drug-likeness (QED) is 0.484. The topological polar surface area (TPSA) is 95.6 Å². The summed E-state index contributed by atoms with van der Waals surface area (Å²) >= 11 is 5.84. The van der Waals surface area contributed by atoms with Crippen LogP contribution in [0.3, 0.4) is 0 Å². The Hall–Kier alpha value is -2.41. The number of amides is 4. The Bertz CT molecular complexity index is 719. The molecule has 152 valence electrons. The van der Waals surface area contributed by atoms with E-state index < -0.39 is 6.04 Å². The first kappa shape index (κ1) is 21.9. The molecule has 0 saturated carbocycles. The summed E-state index contributed by atoms with van der Waals surface area (Å²) < 4.78 is 0. The van der Waals surface area contributed by atoms with Crippen LogP contribution in [0.2, 0.25) is 5.02 Å². The molecule has 28 heavy (non-hydrogen) atoms. The minimum absolute atomic E-state index is 0.0574. The molecule has 1 aliphatic heterocycles. The largest absolute Gasteiger partial charge is 0.354 e. The number of rotatable bonds is 9. The highest BCUT2D eigenvalue weighted by atomic mass is 35.5. The highest BCUT2D eigenvalue weighted by Crippen LogP contribution is 2.13. The van der Waals surface area contributed by atoms with E-state index in [1.165, 1.54) is 4.90 Å². The Morgan fingerprint density at radius 2 is 1.75 bits per heavy atom. The molecular formula is C20H26ClN3O4. The molecule has 7 nitrogen and oxygen atoms in total. The number of carbonyl (C=O) groups excluding carboxylic acids is 4. The van der Waals surface area contributed by atoms with E-state index in [0.29, 0.717) is 30.1 Å². The predicted octanol–water partition coefficient (Wildman–Crippen LogP) is 2.14. The van der Waals surface area contributed by atoms with Gasteiger partial charge in [-0.25, -0.2) is 0 Å². The van der Waals surface area contributed by atoms with Crippen LogP contribution in [0.4, 0.5) is 0 Å². The number of imide groups is 1. The number of benzene rings is 1. The van der Waals surface area contributed by atoms with Crippen molar-refractivity contribution in [3.8, 4) is 0 Å². The highest BCUT2D eigenvalue weighted by molar-refractivity contribution is 6.30. The van der Waals surface area contributed by atoms with Gasteiger partial charge >= 0.3 is 0 Å². The van der Waals surface area contributed by atoms with E-state index in [4.69, 9.17) is 11.6 Å². The molecule has 8 heteroatoms. The second-order valence-electron chi connectivity index (χ2n) is 6.93. The summed E-state index contributed by atoms with van der Waals surface area (Å²) in [6.07, 6.45) is 1.72. The van der Waals surface area contributed by atoms with Crippen LogP contribution in [-0.4, -0.2) is 47.7 Å². The Morgan fingerprint density at radius 1 is 1.14 bits per heavy atom. The Balaban J connectivity index is 1.88. The molecule has 0 spiro atoms. The van der Waals surface area contributed by atoms with E-state index >= 15 is 0 Å². The number of nitrogens with one attached hydrogen (secondary N) is 2. The van der Waals surface area contributed by atoms with Crippen LogP contribution >= 0.6 is 11.6 Å². The SMILES string of the molecule is CCC(C)C(NC(=O)c1ccc(Cl)cc1)C(=O)NCCCN1C(=O)CCC1=O. The van der Waals surface area contributed by atoms with E-state index in [9.17, 15) is 19.2 Å². The van der Waals surface area contributed by atoms with Gasteiger partial charge in [-0.15, -0.1) is 0 Å². The number of halogens is 1. The Labute approximate surface area is 169 Å². The van der Waals surface area contributed by atoms with Crippen LogP contribution < -0.4 is 10.6 Å². The molecule has 1 saturated heterocycles. The second-order valence-corrected chi connectivity index (χ2v) is 7.36. The van der Waals surface area contributed by atoms with E-state index in [1.807, 2.05) is 13.8 Å².